The summed E-state index contributed by atoms with van der Waals surface area (Å²) in [4.78, 5) is 8.90. The number of nitrogens with zero attached hydrogens (tertiary/aromatic N) is 4. The minimum Gasteiger partial charge on any atom is -0.299 e. The first kappa shape index (κ1) is 40.3. The summed E-state index contributed by atoms with van der Waals surface area (Å²) in [6.45, 7) is 9.49. The van der Waals surface area contributed by atoms with Crippen LogP contribution >= 0.6 is 24.8 Å². The van der Waals surface area contributed by atoms with Gasteiger partial charge in [-0.3, -0.25) is 15.3 Å². The second-order valence-corrected chi connectivity index (χ2v) is 16.9. The van der Waals surface area contributed by atoms with Gasteiger partial charge in [0.05, 0.1) is 35.2 Å². The summed E-state index contributed by atoms with van der Waals surface area (Å²) in [5.41, 5.74) is 2.03. The Labute approximate surface area is 292 Å². The van der Waals surface area contributed by atoms with E-state index >= 15 is 0 Å². The quantitative estimate of drug-likeness (QED) is 0.141. The summed E-state index contributed by atoms with van der Waals surface area (Å²) in [7, 11) is -8.42. The SMILES string of the molecule is CCC[C@H](C)N([C@H](C(CC(C)(C)C)NCC#N)S(=O)(=O)Cc1cnc2ccccc2c1)S(=O)(=O)Cc1cnc2ccccc2c1.Cl.Cl. The first-order chi connectivity index (χ1) is 21.2. The number of sulfone groups is 1. The first-order valence-corrected chi connectivity index (χ1v) is 18.6. The zero-order chi connectivity index (χ0) is 32.8. The van der Waals surface area contributed by atoms with Gasteiger partial charge in [-0.25, -0.2) is 16.8 Å². The van der Waals surface area contributed by atoms with Crippen molar-refractivity contribution in [1.29, 1.82) is 5.26 Å². The summed E-state index contributed by atoms with van der Waals surface area (Å²) in [5, 5.41) is 12.7. The van der Waals surface area contributed by atoms with Crippen molar-refractivity contribution in [2.75, 3.05) is 6.54 Å². The Morgan fingerprint density at radius 3 is 1.87 bits per heavy atom. The average Bonchev–Trinajstić information content (AvgIpc) is 2.96. The van der Waals surface area contributed by atoms with Crippen molar-refractivity contribution >= 4 is 66.5 Å². The number of para-hydroxylation sites is 2. The largest absolute Gasteiger partial charge is 0.299 e. The van der Waals surface area contributed by atoms with Crippen molar-refractivity contribution in [1.82, 2.24) is 19.6 Å². The molecule has 0 spiro atoms. The molecule has 256 valence electrons. The van der Waals surface area contributed by atoms with Crippen molar-refractivity contribution < 1.29 is 16.8 Å². The smallest absolute Gasteiger partial charge is 0.219 e. The minimum absolute atomic E-state index is 0. The highest BCUT2D eigenvalue weighted by Crippen LogP contribution is 2.33. The second-order valence-electron chi connectivity index (χ2n) is 12.9. The Bertz CT molecular complexity index is 1890. The number of nitrogens with one attached hydrogen (secondary N) is 1. The van der Waals surface area contributed by atoms with Gasteiger partial charge in [0, 0.05) is 35.2 Å². The van der Waals surface area contributed by atoms with Crippen LogP contribution in [-0.4, -0.2) is 55.1 Å². The number of sulfonamides is 1. The van der Waals surface area contributed by atoms with E-state index in [-0.39, 0.29) is 36.8 Å². The third kappa shape index (κ3) is 10.6. The Morgan fingerprint density at radius 2 is 1.38 bits per heavy atom. The highest BCUT2D eigenvalue weighted by molar-refractivity contribution is 7.93. The molecule has 4 rings (SSSR count). The third-order valence-electron chi connectivity index (χ3n) is 7.71. The van der Waals surface area contributed by atoms with Crippen LogP contribution in [0.5, 0.6) is 0 Å². The molecule has 0 aliphatic heterocycles. The molecule has 47 heavy (non-hydrogen) atoms. The van der Waals surface area contributed by atoms with Gasteiger partial charge >= 0.3 is 0 Å². The maximum Gasteiger partial charge on any atom is 0.219 e. The van der Waals surface area contributed by atoms with E-state index in [0.717, 1.165) is 21.8 Å². The topological polar surface area (TPSA) is 133 Å². The van der Waals surface area contributed by atoms with Gasteiger partial charge in [-0.2, -0.15) is 9.57 Å². The van der Waals surface area contributed by atoms with Crippen LogP contribution in [0.15, 0.2) is 73.1 Å². The number of fused-ring (bicyclic) bond motifs is 2. The standard InChI is InChI=1S/C34H43N5O4S2.2ClH/c1-6-11-25(2)39(45(42,43)24-27-19-29-13-8-10-15-31(29)38-22-27)33(32(36-17-16-35)20-34(3,4)5)44(40,41)23-26-18-28-12-7-9-14-30(28)37-21-26;;/h7-10,12-15,18-19,21-22,25,32-33,36H,6,11,17,20,23-24H2,1-5H3;2*1H/t25-,32?,33-;;/m0../s1. The summed E-state index contributed by atoms with van der Waals surface area (Å²) < 4.78 is 59.6. The van der Waals surface area contributed by atoms with Gasteiger partial charge in [-0.05, 0) is 60.6 Å². The van der Waals surface area contributed by atoms with Crippen LogP contribution in [0.4, 0.5) is 0 Å². The van der Waals surface area contributed by atoms with Crippen LogP contribution in [0.2, 0.25) is 0 Å². The molecule has 1 N–H and O–H groups in total. The average molecular weight is 723 g/mol. The molecule has 0 saturated heterocycles. The van der Waals surface area contributed by atoms with Gasteiger partial charge in [0.15, 0.2) is 9.84 Å². The molecule has 0 aliphatic rings. The molecule has 4 aromatic rings. The van der Waals surface area contributed by atoms with Crippen molar-refractivity contribution in [3.05, 3.63) is 84.2 Å². The summed E-state index contributed by atoms with van der Waals surface area (Å²) >= 11 is 0. The number of pyridine rings is 2. The molecular formula is C34H45Cl2N5O4S2. The molecule has 0 fully saturated rings. The van der Waals surface area contributed by atoms with Gasteiger partial charge in [0.25, 0.3) is 0 Å². The Morgan fingerprint density at radius 1 is 0.872 bits per heavy atom. The van der Waals surface area contributed by atoms with Crippen LogP contribution in [0.1, 0.15) is 65.0 Å². The highest BCUT2D eigenvalue weighted by atomic mass is 35.5. The molecule has 1 unspecified atom stereocenters. The van der Waals surface area contributed by atoms with E-state index in [2.05, 4.69) is 21.4 Å². The van der Waals surface area contributed by atoms with E-state index in [1.54, 1.807) is 19.1 Å². The van der Waals surface area contributed by atoms with E-state index in [9.17, 15) is 22.1 Å². The van der Waals surface area contributed by atoms with Gasteiger partial charge in [-0.15, -0.1) is 24.8 Å². The lowest BCUT2D eigenvalue weighted by Gasteiger charge is -2.41. The zero-order valence-electron chi connectivity index (χ0n) is 27.5. The van der Waals surface area contributed by atoms with Crippen molar-refractivity contribution in [2.45, 2.75) is 82.8 Å². The summed E-state index contributed by atoms with van der Waals surface area (Å²) in [6, 6.07) is 19.0. The molecule has 13 heteroatoms. The number of rotatable bonds is 14. The molecule has 0 saturated carbocycles. The predicted octanol–water partition coefficient (Wildman–Crippen LogP) is 6.81. The maximum absolute atomic E-state index is 14.7. The maximum atomic E-state index is 14.7. The van der Waals surface area contributed by atoms with Gasteiger partial charge in [0.1, 0.15) is 5.37 Å². The fourth-order valence-electron chi connectivity index (χ4n) is 5.92. The van der Waals surface area contributed by atoms with E-state index < -0.39 is 48.8 Å². The lowest BCUT2D eigenvalue weighted by molar-refractivity contribution is 0.216. The number of hydrogen-bond donors (Lipinski definition) is 1. The number of benzene rings is 2. The monoisotopic (exact) mass is 721 g/mol. The summed E-state index contributed by atoms with van der Waals surface area (Å²) in [5.74, 6) is -0.824. The van der Waals surface area contributed by atoms with Crippen LogP contribution in [0.3, 0.4) is 0 Å². The molecule has 3 atom stereocenters. The first-order valence-electron chi connectivity index (χ1n) is 15.2. The van der Waals surface area contributed by atoms with Crippen molar-refractivity contribution in [3.63, 3.8) is 0 Å². The lowest BCUT2D eigenvalue weighted by atomic mass is 9.87. The molecule has 2 aromatic heterocycles. The third-order valence-corrected chi connectivity index (χ3v) is 11.8. The van der Waals surface area contributed by atoms with E-state index in [1.165, 1.54) is 16.7 Å². The lowest BCUT2D eigenvalue weighted by Crippen LogP contribution is -2.59. The normalized spacial score (nSPS) is 14.1. The molecule has 2 aromatic carbocycles. The molecule has 0 aliphatic carbocycles. The fraction of sp³-hybridized carbons (Fsp3) is 0.441. The predicted molar refractivity (Wildman–Crippen MR) is 195 cm³/mol. The van der Waals surface area contributed by atoms with E-state index in [4.69, 9.17) is 0 Å². The molecule has 9 nitrogen and oxygen atoms in total. The van der Waals surface area contributed by atoms with Crippen LogP contribution < -0.4 is 5.32 Å². The molecule has 2 heterocycles. The fourth-order valence-corrected chi connectivity index (χ4v) is 10.6. The molecular weight excluding hydrogens is 677 g/mol. The Hall–Kier alpha value is -2.85. The number of hydrogen-bond acceptors (Lipinski definition) is 8. The van der Waals surface area contributed by atoms with Crippen molar-refractivity contribution in [3.8, 4) is 6.07 Å². The molecule has 0 amide bonds. The van der Waals surface area contributed by atoms with Gasteiger partial charge in [-0.1, -0.05) is 70.5 Å². The van der Waals surface area contributed by atoms with Crippen molar-refractivity contribution in [2.24, 2.45) is 5.41 Å². The van der Waals surface area contributed by atoms with E-state index in [1.807, 2.05) is 76.2 Å². The Kier molecular flexibility index (Phi) is 14.6. The molecule has 0 bridgehead atoms. The number of aromatic nitrogens is 2. The number of halogens is 2. The highest BCUT2D eigenvalue weighted by Gasteiger charge is 2.46. The number of nitriles is 1. The zero-order valence-corrected chi connectivity index (χ0v) is 30.7. The van der Waals surface area contributed by atoms with Gasteiger partial charge in [0.2, 0.25) is 10.0 Å². The molecule has 0 radical (unpaired) electrons. The van der Waals surface area contributed by atoms with Gasteiger partial charge < -0.3 is 0 Å². The van der Waals surface area contributed by atoms with Crippen LogP contribution in [0.25, 0.3) is 21.8 Å². The minimum atomic E-state index is -4.22. The summed E-state index contributed by atoms with van der Waals surface area (Å²) in [6.07, 6.45) is 4.50. The Balaban J connectivity index is 0.00000384. The second kappa shape index (κ2) is 17.0. The van der Waals surface area contributed by atoms with Crippen LogP contribution in [0, 0.1) is 16.7 Å². The van der Waals surface area contributed by atoms with Crippen LogP contribution in [-0.2, 0) is 31.4 Å². The van der Waals surface area contributed by atoms with E-state index in [0.29, 0.717) is 30.4 Å².